The number of likely N-dealkylation sites (tertiary alicyclic amines) is 1. The van der Waals surface area contributed by atoms with E-state index in [1.165, 1.54) is 6.42 Å². The Balaban J connectivity index is 1.58. The lowest BCUT2D eigenvalue weighted by Gasteiger charge is -2.42. The third-order valence-electron chi connectivity index (χ3n) is 5.49. The van der Waals surface area contributed by atoms with Gasteiger partial charge in [-0.05, 0) is 57.1 Å². The summed E-state index contributed by atoms with van der Waals surface area (Å²) in [5.41, 5.74) is 0.735. The van der Waals surface area contributed by atoms with Crippen LogP contribution in [0.2, 0.25) is 0 Å². The Kier molecular flexibility index (Phi) is 6.14. The Hall–Kier alpha value is -1.81. The van der Waals surface area contributed by atoms with Gasteiger partial charge in [-0.3, -0.25) is 4.79 Å². The molecule has 1 amide bonds. The minimum atomic E-state index is -0.238. The summed E-state index contributed by atoms with van der Waals surface area (Å²) >= 11 is 0. The topological polar surface area (TPSA) is 49.8 Å². The van der Waals surface area contributed by atoms with Gasteiger partial charge in [0, 0.05) is 24.1 Å². The lowest BCUT2D eigenvalue weighted by molar-refractivity contribution is -0.132. The largest absolute Gasteiger partial charge is 0.494 e. The van der Waals surface area contributed by atoms with Crippen LogP contribution in [0.15, 0.2) is 42.0 Å². The van der Waals surface area contributed by atoms with Crippen LogP contribution in [0.4, 0.5) is 0 Å². The number of hydrogen-bond donors (Lipinski definition) is 1. The first-order valence-electron chi connectivity index (χ1n) is 9.49. The van der Waals surface area contributed by atoms with Crippen LogP contribution in [0.5, 0.6) is 5.75 Å². The molecule has 1 fully saturated rings. The summed E-state index contributed by atoms with van der Waals surface area (Å²) in [5, 5.41) is 10.0. The zero-order valence-electron chi connectivity index (χ0n) is 15.0. The Morgan fingerprint density at radius 1 is 1.20 bits per heavy atom. The van der Waals surface area contributed by atoms with Gasteiger partial charge in [-0.15, -0.1) is 0 Å². The molecule has 1 N–H and O–H groups in total. The van der Waals surface area contributed by atoms with Crippen molar-refractivity contribution in [3.05, 3.63) is 42.0 Å². The summed E-state index contributed by atoms with van der Waals surface area (Å²) in [6.07, 6.45) is 9.00. The van der Waals surface area contributed by atoms with Gasteiger partial charge >= 0.3 is 0 Å². The second-order valence-electron chi connectivity index (χ2n) is 7.38. The molecule has 4 heteroatoms. The molecule has 1 atom stereocenters. The third-order valence-corrected chi connectivity index (χ3v) is 5.49. The smallest absolute Gasteiger partial charge is 0.249 e. The van der Waals surface area contributed by atoms with E-state index in [1.54, 1.807) is 0 Å². The molecule has 4 nitrogen and oxygen atoms in total. The standard InChI is InChI=1S/C21H29NO3/c23-17-21(13-15-25-19-10-5-2-6-11-19)12-7-14-22(16-21)20(24)18-8-3-1-4-9-18/h2,5-6,8,10-11,23H,1,3-4,7,9,12-17H2. The molecule has 2 aliphatic rings. The van der Waals surface area contributed by atoms with Crippen LogP contribution < -0.4 is 4.74 Å². The van der Waals surface area contributed by atoms with Gasteiger partial charge in [0.15, 0.2) is 0 Å². The summed E-state index contributed by atoms with van der Waals surface area (Å²) < 4.78 is 5.82. The number of nitrogens with zero attached hydrogens (tertiary/aromatic N) is 1. The monoisotopic (exact) mass is 343 g/mol. The molecule has 25 heavy (non-hydrogen) atoms. The number of aliphatic hydroxyl groups excluding tert-OH is 1. The molecular formula is C21H29NO3. The molecule has 1 unspecified atom stereocenters. The summed E-state index contributed by atoms with van der Waals surface area (Å²) in [6.45, 7) is 2.11. The van der Waals surface area contributed by atoms with E-state index in [2.05, 4.69) is 6.08 Å². The van der Waals surface area contributed by atoms with Gasteiger partial charge in [0.05, 0.1) is 13.2 Å². The molecule has 1 saturated heterocycles. The maximum absolute atomic E-state index is 12.8. The van der Waals surface area contributed by atoms with Gasteiger partial charge in [-0.1, -0.05) is 24.3 Å². The van der Waals surface area contributed by atoms with Gasteiger partial charge in [-0.2, -0.15) is 0 Å². The molecule has 1 aromatic rings. The number of allylic oxidation sites excluding steroid dienone is 1. The summed E-state index contributed by atoms with van der Waals surface area (Å²) in [6, 6.07) is 9.76. The van der Waals surface area contributed by atoms with Crippen molar-refractivity contribution in [3.63, 3.8) is 0 Å². The van der Waals surface area contributed by atoms with Crippen molar-refractivity contribution in [2.75, 3.05) is 26.3 Å². The van der Waals surface area contributed by atoms with E-state index in [1.807, 2.05) is 35.2 Å². The van der Waals surface area contributed by atoms with Crippen molar-refractivity contribution in [2.45, 2.75) is 44.9 Å². The fourth-order valence-corrected chi connectivity index (χ4v) is 3.93. The lowest BCUT2D eigenvalue weighted by Crippen LogP contribution is -2.49. The number of aliphatic hydroxyl groups is 1. The van der Waals surface area contributed by atoms with Gasteiger partial charge in [0.2, 0.25) is 5.91 Å². The average Bonchev–Trinajstić information content (AvgIpc) is 2.69. The molecule has 0 spiro atoms. The number of para-hydroxylation sites is 1. The minimum Gasteiger partial charge on any atom is -0.494 e. The molecule has 0 radical (unpaired) electrons. The van der Waals surface area contributed by atoms with Crippen molar-refractivity contribution in [3.8, 4) is 5.75 Å². The zero-order chi connectivity index (χ0) is 17.5. The number of amides is 1. The summed E-state index contributed by atoms with van der Waals surface area (Å²) in [5.74, 6) is 1.04. The third kappa shape index (κ3) is 4.63. The van der Waals surface area contributed by atoms with Crippen LogP contribution in [-0.2, 0) is 4.79 Å². The Morgan fingerprint density at radius 3 is 2.76 bits per heavy atom. The molecule has 136 valence electrons. The number of piperidine rings is 1. The zero-order valence-corrected chi connectivity index (χ0v) is 15.0. The van der Waals surface area contributed by atoms with E-state index in [0.29, 0.717) is 13.2 Å². The molecule has 1 heterocycles. The lowest BCUT2D eigenvalue weighted by atomic mass is 9.77. The summed E-state index contributed by atoms with van der Waals surface area (Å²) in [7, 11) is 0. The minimum absolute atomic E-state index is 0.105. The highest BCUT2D eigenvalue weighted by Crippen LogP contribution is 2.34. The molecule has 1 aliphatic carbocycles. The Bertz CT molecular complexity index is 598. The van der Waals surface area contributed by atoms with Crippen LogP contribution in [0, 0.1) is 5.41 Å². The van der Waals surface area contributed by atoms with Crippen LogP contribution in [0.3, 0.4) is 0 Å². The van der Waals surface area contributed by atoms with Crippen LogP contribution in [0.25, 0.3) is 0 Å². The highest BCUT2D eigenvalue weighted by atomic mass is 16.5. The fourth-order valence-electron chi connectivity index (χ4n) is 3.93. The van der Waals surface area contributed by atoms with E-state index < -0.39 is 0 Å². The molecule has 1 aromatic carbocycles. The first-order valence-corrected chi connectivity index (χ1v) is 9.49. The van der Waals surface area contributed by atoms with Gasteiger partial charge < -0.3 is 14.7 Å². The molecule has 1 aliphatic heterocycles. The van der Waals surface area contributed by atoms with Crippen molar-refractivity contribution >= 4 is 5.91 Å². The quantitative estimate of drug-likeness (QED) is 0.859. The molecule has 0 saturated carbocycles. The van der Waals surface area contributed by atoms with E-state index in [4.69, 9.17) is 4.74 Å². The van der Waals surface area contributed by atoms with Gasteiger partial charge in [0.1, 0.15) is 5.75 Å². The number of rotatable bonds is 6. The number of ether oxygens (including phenoxy) is 1. The van der Waals surface area contributed by atoms with E-state index in [-0.39, 0.29) is 17.9 Å². The molecule has 0 aromatic heterocycles. The molecule has 0 bridgehead atoms. The second kappa shape index (κ2) is 8.52. The first-order chi connectivity index (χ1) is 12.2. The van der Waals surface area contributed by atoms with Gasteiger partial charge in [0.25, 0.3) is 0 Å². The van der Waals surface area contributed by atoms with Crippen molar-refractivity contribution in [1.82, 2.24) is 4.90 Å². The summed E-state index contributed by atoms with van der Waals surface area (Å²) in [4.78, 5) is 14.8. The van der Waals surface area contributed by atoms with E-state index in [0.717, 1.165) is 56.4 Å². The van der Waals surface area contributed by atoms with Crippen molar-refractivity contribution in [1.29, 1.82) is 0 Å². The second-order valence-corrected chi connectivity index (χ2v) is 7.38. The van der Waals surface area contributed by atoms with Crippen LogP contribution in [-0.4, -0.2) is 42.2 Å². The predicted octanol–water partition coefficient (Wildman–Crippen LogP) is 3.56. The maximum Gasteiger partial charge on any atom is 0.249 e. The normalized spacial score (nSPS) is 23.9. The predicted molar refractivity (Wildman–Crippen MR) is 98.4 cm³/mol. The highest BCUT2D eigenvalue weighted by Gasteiger charge is 2.37. The number of hydrogen-bond acceptors (Lipinski definition) is 3. The Morgan fingerprint density at radius 2 is 2.04 bits per heavy atom. The molecular weight excluding hydrogens is 314 g/mol. The SMILES string of the molecule is O=C(C1=CCCCC1)N1CCCC(CO)(CCOc2ccccc2)C1. The van der Waals surface area contributed by atoms with Crippen LogP contribution in [0.1, 0.15) is 44.9 Å². The van der Waals surface area contributed by atoms with Crippen molar-refractivity contribution < 1.29 is 14.6 Å². The first kappa shape index (κ1) is 18.0. The van der Waals surface area contributed by atoms with Crippen LogP contribution >= 0.6 is 0 Å². The fraction of sp³-hybridized carbons (Fsp3) is 0.571. The molecule has 3 rings (SSSR count). The van der Waals surface area contributed by atoms with E-state index in [9.17, 15) is 9.90 Å². The number of carbonyl (C=O) groups excluding carboxylic acids is 1. The number of carbonyl (C=O) groups is 1. The van der Waals surface area contributed by atoms with Gasteiger partial charge in [-0.25, -0.2) is 0 Å². The maximum atomic E-state index is 12.8. The highest BCUT2D eigenvalue weighted by molar-refractivity contribution is 5.93. The van der Waals surface area contributed by atoms with Crippen molar-refractivity contribution in [2.24, 2.45) is 5.41 Å². The number of benzene rings is 1. The Labute approximate surface area is 150 Å². The average molecular weight is 343 g/mol. The van der Waals surface area contributed by atoms with E-state index >= 15 is 0 Å².